The van der Waals surface area contributed by atoms with Crippen LogP contribution in [0.25, 0.3) is 90.1 Å². The lowest BCUT2D eigenvalue weighted by atomic mass is 9.92. The summed E-state index contributed by atoms with van der Waals surface area (Å²) in [5.74, 6) is 0. The molecule has 1 nitrogen and oxygen atoms in total. The highest BCUT2D eigenvalue weighted by atomic mass is 32.1. The molecule has 0 N–H and O–H groups in total. The van der Waals surface area contributed by atoms with Crippen LogP contribution >= 0.6 is 22.7 Å². The number of hydrogen-bond donors (Lipinski definition) is 0. The number of hydrogen-bond acceptors (Lipinski definition) is 2. The van der Waals surface area contributed by atoms with Crippen LogP contribution in [0.2, 0.25) is 0 Å². The Balaban J connectivity index is 1.23. The zero-order valence-electron chi connectivity index (χ0n) is 24.2. The number of para-hydroxylation sites is 2. The Morgan fingerprint density at radius 1 is 0.422 bits per heavy atom. The number of aromatic nitrogens is 1. The Bertz CT molecular complexity index is 2760. The quantitative estimate of drug-likeness (QED) is 0.188. The zero-order chi connectivity index (χ0) is 29.5. The number of rotatable bonds is 3. The van der Waals surface area contributed by atoms with Crippen molar-refractivity contribution in [1.29, 1.82) is 0 Å². The fourth-order valence-electron chi connectivity index (χ4n) is 7.18. The molecule has 0 radical (unpaired) electrons. The van der Waals surface area contributed by atoms with E-state index in [9.17, 15) is 0 Å². The molecule has 3 heterocycles. The Labute approximate surface area is 267 Å². The molecule has 0 aliphatic carbocycles. The molecule has 0 fully saturated rings. The van der Waals surface area contributed by atoms with Gasteiger partial charge in [-0.15, -0.1) is 22.7 Å². The van der Waals surface area contributed by atoms with Gasteiger partial charge in [0.2, 0.25) is 0 Å². The van der Waals surface area contributed by atoms with Gasteiger partial charge in [-0.3, -0.25) is 0 Å². The highest BCUT2D eigenvalue weighted by Gasteiger charge is 2.21. The summed E-state index contributed by atoms with van der Waals surface area (Å²) in [5.41, 5.74) is 8.78. The zero-order valence-corrected chi connectivity index (χ0v) is 25.8. The number of benzene rings is 7. The third-order valence-electron chi connectivity index (χ3n) is 9.19. The van der Waals surface area contributed by atoms with Gasteiger partial charge in [-0.1, -0.05) is 109 Å². The van der Waals surface area contributed by atoms with E-state index in [0.717, 1.165) is 0 Å². The monoisotopic (exact) mass is 607 g/mol. The smallest absolute Gasteiger partial charge is 0.0734 e. The molecular weight excluding hydrogens is 583 g/mol. The van der Waals surface area contributed by atoms with Crippen molar-refractivity contribution in [2.75, 3.05) is 0 Å². The van der Waals surface area contributed by atoms with E-state index in [1.807, 2.05) is 22.7 Å². The van der Waals surface area contributed by atoms with Crippen molar-refractivity contribution in [2.24, 2.45) is 0 Å². The van der Waals surface area contributed by atoms with E-state index >= 15 is 0 Å². The molecule has 0 spiro atoms. The topological polar surface area (TPSA) is 4.93 Å². The molecule has 0 aliphatic heterocycles. The van der Waals surface area contributed by atoms with Gasteiger partial charge in [0.1, 0.15) is 0 Å². The Hall–Kier alpha value is -5.22. The van der Waals surface area contributed by atoms with Gasteiger partial charge in [-0.25, -0.2) is 0 Å². The van der Waals surface area contributed by atoms with Crippen molar-refractivity contribution in [3.8, 4) is 27.9 Å². The minimum absolute atomic E-state index is 1.19. The molecule has 0 unspecified atom stereocenters. The van der Waals surface area contributed by atoms with Crippen LogP contribution in [-0.4, -0.2) is 4.57 Å². The first-order valence-electron chi connectivity index (χ1n) is 15.3. The maximum absolute atomic E-state index is 2.46. The van der Waals surface area contributed by atoms with Gasteiger partial charge in [0.25, 0.3) is 0 Å². The van der Waals surface area contributed by atoms with Crippen LogP contribution in [0.4, 0.5) is 0 Å². The van der Waals surface area contributed by atoms with Crippen LogP contribution in [0.1, 0.15) is 0 Å². The van der Waals surface area contributed by atoms with Gasteiger partial charge in [0.15, 0.2) is 0 Å². The van der Waals surface area contributed by atoms with Crippen LogP contribution in [0.3, 0.4) is 0 Å². The van der Waals surface area contributed by atoms with Crippen molar-refractivity contribution in [2.45, 2.75) is 0 Å². The molecular formula is C42H25NS2. The number of nitrogens with zero attached hydrogens (tertiary/aromatic N) is 1. The van der Waals surface area contributed by atoms with Gasteiger partial charge >= 0.3 is 0 Å². The molecule has 0 atom stereocenters. The van der Waals surface area contributed by atoms with Crippen LogP contribution in [0.15, 0.2) is 152 Å². The molecule has 0 aliphatic rings. The predicted molar refractivity (Wildman–Crippen MR) is 197 cm³/mol. The lowest BCUT2D eigenvalue weighted by Gasteiger charge is -2.13. The van der Waals surface area contributed by atoms with Crippen LogP contribution in [0.5, 0.6) is 0 Å². The molecule has 0 amide bonds. The summed E-state index contributed by atoms with van der Waals surface area (Å²) in [6, 6.07) is 55.8. The molecule has 0 saturated heterocycles. The average Bonchev–Trinajstić information content (AvgIpc) is 3.75. The van der Waals surface area contributed by atoms with E-state index in [-0.39, 0.29) is 0 Å². The summed E-state index contributed by atoms with van der Waals surface area (Å²) in [6.07, 6.45) is 0. The van der Waals surface area contributed by atoms with E-state index in [4.69, 9.17) is 0 Å². The van der Waals surface area contributed by atoms with E-state index in [1.54, 1.807) is 0 Å². The Morgan fingerprint density at radius 2 is 1.13 bits per heavy atom. The summed E-state index contributed by atoms with van der Waals surface area (Å²) in [4.78, 5) is 0. The van der Waals surface area contributed by atoms with E-state index in [1.165, 1.54) is 90.1 Å². The molecule has 0 saturated carbocycles. The minimum Gasteiger partial charge on any atom is -0.308 e. The summed E-state index contributed by atoms with van der Waals surface area (Å²) >= 11 is 3.80. The first-order chi connectivity index (χ1) is 22.3. The molecule has 10 aromatic rings. The Kier molecular flexibility index (Phi) is 5.39. The largest absolute Gasteiger partial charge is 0.308 e. The molecule has 3 heteroatoms. The van der Waals surface area contributed by atoms with Crippen molar-refractivity contribution in [3.63, 3.8) is 0 Å². The molecule has 210 valence electrons. The SMILES string of the molecule is c1ccc(-n2c3ccccc3c3sc4cccc(-c5ccccc5-c5ccc6c(c5)sc5cc7ccccc7cc56)c4c32)cc1. The fourth-order valence-corrected chi connectivity index (χ4v) is 9.60. The fraction of sp³-hybridized carbons (Fsp3) is 0. The number of fused-ring (bicyclic) bond motifs is 9. The molecule has 0 bridgehead atoms. The second-order valence-electron chi connectivity index (χ2n) is 11.7. The third-order valence-corrected chi connectivity index (χ3v) is 11.5. The van der Waals surface area contributed by atoms with Crippen molar-refractivity contribution < 1.29 is 0 Å². The van der Waals surface area contributed by atoms with E-state index in [0.29, 0.717) is 0 Å². The first-order valence-corrected chi connectivity index (χ1v) is 16.9. The van der Waals surface area contributed by atoms with Crippen molar-refractivity contribution in [1.82, 2.24) is 4.57 Å². The van der Waals surface area contributed by atoms with Gasteiger partial charge in [0, 0.05) is 41.3 Å². The van der Waals surface area contributed by atoms with E-state index < -0.39 is 0 Å². The van der Waals surface area contributed by atoms with Crippen molar-refractivity contribution >= 4 is 84.8 Å². The van der Waals surface area contributed by atoms with Gasteiger partial charge in [0.05, 0.1) is 15.7 Å². The highest BCUT2D eigenvalue weighted by Crippen LogP contribution is 2.47. The van der Waals surface area contributed by atoms with E-state index in [2.05, 4.69) is 156 Å². The maximum Gasteiger partial charge on any atom is 0.0734 e. The van der Waals surface area contributed by atoms with Crippen LogP contribution in [0, 0.1) is 0 Å². The van der Waals surface area contributed by atoms with Gasteiger partial charge in [-0.2, -0.15) is 0 Å². The van der Waals surface area contributed by atoms with Gasteiger partial charge in [-0.05, 0) is 75.5 Å². The van der Waals surface area contributed by atoms with Gasteiger partial charge < -0.3 is 4.57 Å². The lowest BCUT2D eigenvalue weighted by Crippen LogP contribution is -1.94. The second-order valence-corrected chi connectivity index (χ2v) is 13.8. The second kappa shape index (κ2) is 9.64. The van der Waals surface area contributed by atoms with Crippen LogP contribution < -0.4 is 0 Å². The summed E-state index contributed by atoms with van der Waals surface area (Å²) in [5, 5.41) is 7.88. The maximum atomic E-state index is 2.46. The average molecular weight is 608 g/mol. The molecule has 10 rings (SSSR count). The summed E-state index contributed by atoms with van der Waals surface area (Å²) in [7, 11) is 0. The summed E-state index contributed by atoms with van der Waals surface area (Å²) < 4.78 is 7.78. The normalized spacial score (nSPS) is 12.0. The molecule has 45 heavy (non-hydrogen) atoms. The lowest BCUT2D eigenvalue weighted by molar-refractivity contribution is 1.19. The predicted octanol–water partition coefficient (Wildman–Crippen LogP) is 12.9. The summed E-state index contributed by atoms with van der Waals surface area (Å²) in [6.45, 7) is 0. The van der Waals surface area contributed by atoms with Crippen molar-refractivity contribution in [3.05, 3.63) is 152 Å². The molecule has 7 aromatic carbocycles. The molecule has 3 aromatic heterocycles. The first kappa shape index (κ1) is 25.1. The minimum atomic E-state index is 1.19. The Morgan fingerprint density at radius 3 is 2.02 bits per heavy atom. The third kappa shape index (κ3) is 3.72. The standard InChI is InChI=1S/C42H25NS2/c1-2-13-29(14-3-1)43-36-19-9-8-17-34(36)42-41(43)40-33(18-10-20-37(40)45-42)31-16-7-6-15-30(31)28-21-22-32-35-23-26-11-4-5-12-27(26)24-39(35)44-38(32)25-28/h1-25H. The number of thiophene rings is 2. The van der Waals surface area contributed by atoms with Crippen LogP contribution in [-0.2, 0) is 0 Å². The highest BCUT2D eigenvalue weighted by molar-refractivity contribution is 7.27.